The molecule has 2 saturated heterocycles. The number of aliphatic hydroxyl groups is 8. The lowest BCUT2D eigenvalue weighted by atomic mass is 9.97. The highest BCUT2D eigenvalue weighted by molar-refractivity contribution is 5.76. The van der Waals surface area contributed by atoms with Crippen LogP contribution in [0, 0.1) is 0 Å². The van der Waals surface area contributed by atoms with Crippen molar-refractivity contribution in [3.05, 3.63) is 85.1 Å². The number of allylic oxidation sites excluding steroid dienone is 14. The highest BCUT2D eigenvalue weighted by Crippen LogP contribution is 2.30. The van der Waals surface area contributed by atoms with E-state index in [2.05, 4.69) is 104 Å². The molecule has 2 rings (SSSR count). The monoisotopic (exact) mass is 1050 g/mol. The van der Waals surface area contributed by atoms with Crippen molar-refractivity contribution in [2.75, 3.05) is 19.8 Å². The van der Waals surface area contributed by atoms with E-state index in [0.29, 0.717) is 19.3 Å². The first-order valence-corrected chi connectivity index (χ1v) is 28.8. The Morgan fingerprint density at radius 3 is 1.43 bits per heavy atom. The predicted octanol–water partition coefficient (Wildman–Crippen LogP) is 9.33. The molecule has 0 spiro atoms. The molecule has 426 valence electrons. The summed E-state index contributed by atoms with van der Waals surface area (Å²) in [4.78, 5) is 13.2. The third kappa shape index (κ3) is 30.8. The second-order valence-electron chi connectivity index (χ2n) is 20.0. The molecule has 0 radical (unpaired) electrons. The Hall–Kier alpha value is -2.83. The van der Waals surface area contributed by atoms with Crippen molar-refractivity contribution in [2.24, 2.45) is 0 Å². The molecule has 12 atom stereocenters. The van der Waals surface area contributed by atoms with Crippen molar-refractivity contribution in [1.29, 1.82) is 0 Å². The maximum atomic E-state index is 13.2. The van der Waals surface area contributed by atoms with Crippen molar-refractivity contribution >= 4 is 5.91 Å². The summed E-state index contributed by atoms with van der Waals surface area (Å²) >= 11 is 0. The zero-order valence-corrected chi connectivity index (χ0v) is 45.6. The maximum Gasteiger partial charge on any atom is 0.220 e. The standard InChI is InChI=1S/C60H103NO13/c1-3-5-7-9-11-13-14-15-16-17-18-19-20-21-22-23-24-25-26-27-28-29-30-31-32-33-34-36-38-40-42-44-52(65)61-48(49(64)43-41-39-37-35-12-10-8-6-4-2)47-71-59-57(70)55(68)58(51(46-63)73-59)74-60-56(69)54(67)53(66)50(45-62)72-60/h5,7,11,13,15-16,18-19,21-22,24-25,27-28,48-51,53-60,62-64,66-70H,3-4,6,8-10,12,14,17,20,23,26,29-47H2,1-2H3,(H,61,65)/b7-5-,13-11-,16-15-,19-18-,22-21-,25-24-,28-27-. The van der Waals surface area contributed by atoms with Crippen LogP contribution < -0.4 is 5.32 Å². The summed E-state index contributed by atoms with van der Waals surface area (Å²) in [5, 5.41) is 86.9. The zero-order valence-electron chi connectivity index (χ0n) is 45.6. The molecule has 14 nitrogen and oxygen atoms in total. The van der Waals surface area contributed by atoms with Crippen LogP contribution in [-0.2, 0) is 23.7 Å². The Labute approximate surface area is 446 Å². The van der Waals surface area contributed by atoms with Gasteiger partial charge in [0, 0.05) is 6.42 Å². The average Bonchev–Trinajstić information content (AvgIpc) is 3.40. The van der Waals surface area contributed by atoms with Crippen LogP contribution in [0.5, 0.6) is 0 Å². The van der Waals surface area contributed by atoms with Crippen LogP contribution in [0.3, 0.4) is 0 Å². The van der Waals surface area contributed by atoms with E-state index in [0.717, 1.165) is 96.3 Å². The maximum absolute atomic E-state index is 13.2. The van der Waals surface area contributed by atoms with Crippen LogP contribution in [-0.4, -0.2) is 140 Å². The van der Waals surface area contributed by atoms with Crippen molar-refractivity contribution in [2.45, 2.75) is 267 Å². The molecule has 12 unspecified atom stereocenters. The number of ether oxygens (including phenoxy) is 4. The average molecular weight is 1050 g/mol. The molecule has 2 fully saturated rings. The number of unbranched alkanes of at least 4 members (excludes halogenated alkanes) is 17. The molecule has 0 aromatic carbocycles. The summed E-state index contributed by atoms with van der Waals surface area (Å²) in [6, 6.07) is -0.835. The fraction of sp³-hybridized carbons (Fsp3) is 0.750. The topological polar surface area (TPSA) is 228 Å². The van der Waals surface area contributed by atoms with Gasteiger partial charge in [-0.05, 0) is 70.6 Å². The van der Waals surface area contributed by atoms with E-state index >= 15 is 0 Å². The largest absolute Gasteiger partial charge is 0.394 e. The minimum Gasteiger partial charge on any atom is -0.394 e. The molecule has 0 aromatic heterocycles. The van der Waals surface area contributed by atoms with E-state index in [4.69, 9.17) is 18.9 Å². The van der Waals surface area contributed by atoms with Crippen LogP contribution in [0.4, 0.5) is 0 Å². The Balaban J connectivity index is 1.66. The first-order valence-electron chi connectivity index (χ1n) is 28.8. The van der Waals surface area contributed by atoms with Crippen molar-refractivity contribution in [3.63, 3.8) is 0 Å². The van der Waals surface area contributed by atoms with Gasteiger partial charge in [0.25, 0.3) is 0 Å². The normalized spacial score (nSPS) is 25.9. The highest BCUT2D eigenvalue weighted by Gasteiger charge is 2.51. The minimum absolute atomic E-state index is 0.220. The van der Waals surface area contributed by atoms with E-state index in [9.17, 15) is 45.6 Å². The number of aliphatic hydroxyl groups excluding tert-OH is 8. The SMILES string of the molecule is CC/C=C\C/C=C\C/C=C\C/C=C\C/C=C\C/C=C\C/C=C\CCCCCCCCCCCC(=O)NC(COC1OC(CO)C(OC2OC(CO)C(O)C(O)C2O)C(O)C1O)C(O)CCCCCCCCCCC. The molecule has 0 saturated carbocycles. The van der Waals surface area contributed by atoms with E-state index < -0.39 is 86.8 Å². The molecular formula is C60H103NO13. The third-order valence-electron chi connectivity index (χ3n) is 13.6. The third-order valence-corrected chi connectivity index (χ3v) is 13.6. The van der Waals surface area contributed by atoms with Crippen LogP contribution in [0.1, 0.15) is 194 Å². The van der Waals surface area contributed by atoms with Gasteiger partial charge in [0.05, 0.1) is 32.0 Å². The van der Waals surface area contributed by atoms with Crippen LogP contribution in [0.15, 0.2) is 85.1 Å². The molecule has 74 heavy (non-hydrogen) atoms. The first kappa shape index (κ1) is 67.3. The number of amides is 1. The Kier molecular flexibility index (Phi) is 41.1. The fourth-order valence-corrected chi connectivity index (χ4v) is 8.98. The Morgan fingerprint density at radius 1 is 0.500 bits per heavy atom. The van der Waals surface area contributed by atoms with E-state index in [1.165, 1.54) is 64.2 Å². The lowest BCUT2D eigenvalue weighted by Gasteiger charge is -2.46. The highest BCUT2D eigenvalue weighted by atomic mass is 16.7. The number of hydrogen-bond acceptors (Lipinski definition) is 13. The van der Waals surface area contributed by atoms with Gasteiger partial charge in [0.2, 0.25) is 5.91 Å². The van der Waals surface area contributed by atoms with Gasteiger partial charge in [0.15, 0.2) is 12.6 Å². The number of carbonyl (C=O) groups is 1. The van der Waals surface area contributed by atoms with E-state index in [1.807, 2.05) is 0 Å². The van der Waals surface area contributed by atoms with Gasteiger partial charge < -0.3 is 65.1 Å². The number of carbonyl (C=O) groups excluding carboxylic acids is 1. The summed E-state index contributed by atoms with van der Waals surface area (Å²) < 4.78 is 22.7. The van der Waals surface area contributed by atoms with Gasteiger partial charge in [0.1, 0.15) is 48.8 Å². The molecule has 0 aromatic rings. The predicted molar refractivity (Wildman–Crippen MR) is 295 cm³/mol. The molecule has 14 heteroatoms. The molecule has 1 amide bonds. The van der Waals surface area contributed by atoms with Gasteiger partial charge in [-0.1, -0.05) is 202 Å². The van der Waals surface area contributed by atoms with Gasteiger partial charge in [-0.25, -0.2) is 0 Å². The van der Waals surface area contributed by atoms with Crippen molar-refractivity contribution < 1.29 is 64.6 Å². The molecule has 2 aliphatic heterocycles. The van der Waals surface area contributed by atoms with Gasteiger partial charge >= 0.3 is 0 Å². The van der Waals surface area contributed by atoms with Crippen LogP contribution >= 0.6 is 0 Å². The second kappa shape index (κ2) is 45.2. The molecule has 2 aliphatic rings. The van der Waals surface area contributed by atoms with Crippen molar-refractivity contribution in [1.82, 2.24) is 5.32 Å². The quantitative estimate of drug-likeness (QED) is 0.0205. The summed E-state index contributed by atoms with van der Waals surface area (Å²) in [5.41, 5.74) is 0. The summed E-state index contributed by atoms with van der Waals surface area (Å²) in [6.45, 7) is 2.69. The van der Waals surface area contributed by atoms with E-state index in [1.54, 1.807) is 0 Å². The number of nitrogens with one attached hydrogen (secondary N) is 1. The van der Waals surface area contributed by atoms with Gasteiger partial charge in [-0.3, -0.25) is 4.79 Å². The summed E-state index contributed by atoms with van der Waals surface area (Å²) in [5.74, 6) is -0.220. The van der Waals surface area contributed by atoms with Gasteiger partial charge in [-0.15, -0.1) is 0 Å². The van der Waals surface area contributed by atoms with Crippen LogP contribution in [0.25, 0.3) is 0 Å². The molecule has 9 N–H and O–H groups in total. The van der Waals surface area contributed by atoms with E-state index in [-0.39, 0.29) is 12.5 Å². The summed E-state index contributed by atoms with van der Waals surface area (Å²) in [7, 11) is 0. The number of hydrogen-bond donors (Lipinski definition) is 9. The number of rotatable bonds is 44. The molecular weight excluding hydrogens is 943 g/mol. The van der Waals surface area contributed by atoms with Crippen molar-refractivity contribution in [3.8, 4) is 0 Å². The second-order valence-corrected chi connectivity index (χ2v) is 20.0. The molecule has 2 heterocycles. The Bertz CT molecular complexity index is 1560. The molecule has 0 bridgehead atoms. The lowest BCUT2D eigenvalue weighted by molar-refractivity contribution is -0.359. The summed E-state index contributed by atoms with van der Waals surface area (Å²) in [6.07, 6.45) is 43.2. The Morgan fingerprint density at radius 2 is 0.932 bits per heavy atom. The minimum atomic E-state index is -1.78. The fourth-order valence-electron chi connectivity index (χ4n) is 8.98. The first-order chi connectivity index (χ1) is 36.1. The van der Waals surface area contributed by atoms with Crippen LogP contribution in [0.2, 0.25) is 0 Å². The smallest absolute Gasteiger partial charge is 0.220 e. The lowest BCUT2D eigenvalue weighted by Crippen LogP contribution is -2.65. The zero-order chi connectivity index (χ0) is 53.9. The van der Waals surface area contributed by atoms with Gasteiger partial charge in [-0.2, -0.15) is 0 Å². The molecule has 0 aliphatic carbocycles.